The number of nitrogen functional groups attached to an aromatic ring is 1. The summed E-state index contributed by atoms with van der Waals surface area (Å²) in [5, 5.41) is 21.0. The molecule has 0 saturated heterocycles. The number of nitrogens with two attached hydrogens (primary N) is 1. The minimum absolute atomic E-state index is 0.0148. The quantitative estimate of drug-likeness (QED) is 0.572. The number of hydrogen-bond acceptors (Lipinski definition) is 9. The molecule has 1 aromatic heterocycles. The van der Waals surface area contributed by atoms with E-state index in [0.717, 1.165) is 11.8 Å². The zero-order valence-corrected chi connectivity index (χ0v) is 15.4. The monoisotopic (exact) mass is 395 g/mol. The van der Waals surface area contributed by atoms with Gasteiger partial charge in [-0.2, -0.15) is 10.5 Å². The van der Waals surface area contributed by atoms with Gasteiger partial charge in [0.2, 0.25) is 12.7 Å². The molecule has 3 rings (SSSR count). The molecule has 2 heterocycles. The van der Waals surface area contributed by atoms with Gasteiger partial charge in [-0.3, -0.25) is 9.59 Å². The fourth-order valence-electron chi connectivity index (χ4n) is 2.45. The molecule has 0 unspecified atom stereocenters. The lowest BCUT2D eigenvalue weighted by Gasteiger charge is -2.11. The summed E-state index contributed by atoms with van der Waals surface area (Å²) < 4.78 is 10.5. The maximum atomic E-state index is 12.4. The number of fused-ring (bicyclic) bond motifs is 1. The van der Waals surface area contributed by atoms with E-state index in [1.807, 2.05) is 12.1 Å². The van der Waals surface area contributed by atoms with Crippen molar-refractivity contribution in [2.75, 3.05) is 23.6 Å². The highest BCUT2D eigenvalue weighted by Gasteiger charge is 2.21. The highest BCUT2D eigenvalue weighted by atomic mass is 32.2. The van der Waals surface area contributed by atoms with Gasteiger partial charge in [-0.25, -0.2) is 4.98 Å². The molecule has 1 aliphatic heterocycles. The number of aromatic nitrogens is 1. The highest BCUT2D eigenvalue weighted by molar-refractivity contribution is 8.00. The van der Waals surface area contributed by atoms with E-state index >= 15 is 0 Å². The van der Waals surface area contributed by atoms with Gasteiger partial charge < -0.3 is 20.5 Å². The Kier molecular flexibility index (Phi) is 5.34. The number of nitrogens with zero attached hydrogens (tertiary/aromatic N) is 3. The van der Waals surface area contributed by atoms with Gasteiger partial charge in [0, 0.05) is 11.6 Å². The van der Waals surface area contributed by atoms with Crippen LogP contribution in [-0.2, 0) is 4.79 Å². The van der Waals surface area contributed by atoms with Crippen molar-refractivity contribution in [1.29, 1.82) is 10.5 Å². The number of carbonyl (C=O) groups is 2. The Morgan fingerprint density at radius 1 is 1.21 bits per heavy atom. The molecule has 0 spiro atoms. The van der Waals surface area contributed by atoms with Crippen LogP contribution < -0.4 is 20.5 Å². The first-order chi connectivity index (χ1) is 13.4. The van der Waals surface area contributed by atoms with Crippen LogP contribution in [0.25, 0.3) is 0 Å². The molecule has 0 aliphatic carbocycles. The van der Waals surface area contributed by atoms with Crippen LogP contribution >= 0.6 is 11.8 Å². The van der Waals surface area contributed by atoms with Gasteiger partial charge in [-0.05, 0) is 19.1 Å². The van der Waals surface area contributed by atoms with E-state index in [9.17, 15) is 14.9 Å². The summed E-state index contributed by atoms with van der Waals surface area (Å²) in [6.45, 7) is 1.42. The summed E-state index contributed by atoms with van der Waals surface area (Å²) >= 11 is 0.996. The first kappa shape index (κ1) is 19.0. The number of ether oxygens (including phenoxy) is 2. The van der Waals surface area contributed by atoms with Crippen molar-refractivity contribution >= 4 is 35.0 Å². The van der Waals surface area contributed by atoms with Gasteiger partial charge in [0.1, 0.15) is 23.0 Å². The summed E-state index contributed by atoms with van der Waals surface area (Å²) in [7, 11) is 0. The Balaban J connectivity index is 1.76. The van der Waals surface area contributed by atoms with E-state index in [1.54, 1.807) is 0 Å². The minimum atomic E-state index is -0.417. The molecule has 1 aromatic carbocycles. The van der Waals surface area contributed by atoms with Crippen LogP contribution in [0.2, 0.25) is 0 Å². The molecule has 28 heavy (non-hydrogen) atoms. The summed E-state index contributed by atoms with van der Waals surface area (Å²) in [6, 6.07) is 8.15. The van der Waals surface area contributed by atoms with Crippen LogP contribution in [0, 0.1) is 22.7 Å². The van der Waals surface area contributed by atoms with Gasteiger partial charge in [-0.1, -0.05) is 11.8 Å². The van der Waals surface area contributed by atoms with Crippen molar-refractivity contribution < 1.29 is 19.1 Å². The van der Waals surface area contributed by atoms with E-state index in [1.165, 1.54) is 25.1 Å². The Morgan fingerprint density at radius 3 is 2.54 bits per heavy atom. The first-order valence-electron chi connectivity index (χ1n) is 7.91. The summed E-state index contributed by atoms with van der Waals surface area (Å²) in [6.07, 6.45) is 0. The maximum absolute atomic E-state index is 12.4. The zero-order chi connectivity index (χ0) is 20.3. The van der Waals surface area contributed by atoms with Crippen molar-refractivity contribution in [2.45, 2.75) is 11.9 Å². The Labute approximate surface area is 164 Å². The van der Waals surface area contributed by atoms with Gasteiger partial charge in [0.15, 0.2) is 17.3 Å². The van der Waals surface area contributed by atoms with E-state index < -0.39 is 5.91 Å². The molecule has 1 aliphatic rings. The third kappa shape index (κ3) is 3.82. The second kappa shape index (κ2) is 7.86. The molecule has 9 nitrogen and oxygen atoms in total. The molecule has 10 heteroatoms. The van der Waals surface area contributed by atoms with Gasteiger partial charge in [-0.15, -0.1) is 0 Å². The lowest BCUT2D eigenvalue weighted by atomic mass is 10.1. The molecule has 0 fully saturated rings. The lowest BCUT2D eigenvalue weighted by Crippen LogP contribution is -2.16. The number of hydrogen-bond donors (Lipinski definition) is 2. The highest BCUT2D eigenvalue weighted by Crippen LogP contribution is 2.37. The molecule has 0 saturated carbocycles. The Bertz CT molecular complexity index is 1070. The van der Waals surface area contributed by atoms with E-state index in [4.69, 9.17) is 20.5 Å². The molecule has 0 atom stereocenters. The van der Waals surface area contributed by atoms with Crippen molar-refractivity contribution in [3.05, 3.63) is 34.9 Å². The molecule has 140 valence electrons. The molecule has 0 radical (unpaired) electrons. The topological polar surface area (TPSA) is 151 Å². The third-order valence-electron chi connectivity index (χ3n) is 3.76. The summed E-state index contributed by atoms with van der Waals surface area (Å²) in [5.74, 6) is 0.113. The molecule has 3 N–H and O–H groups in total. The van der Waals surface area contributed by atoms with Gasteiger partial charge in [0.05, 0.1) is 22.6 Å². The Hall–Kier alpha value is -3.76. The van der Waals surface area contributed by atoms with Crippen molar-refractivity contribution in [3.63, 3.8) is 0 Å². The van der Waals surface area contributed by atoms with Crippen molar-refractivity contribution in [3.8, 4) is 23.6 Å². The standard InChI is InChI=1S/C18H13N5O4S/c1-9(24)12-3-14-15(27-8-26-14)4-13(12)22-16(25)7-28-18-11(6-20)2-10(5-19)17(21)23-18/h2-4H,7-8H2,1H3,(H2,21,23)(H,22,25). The van der Waals surface area contributed by atoms with E-state index in [2.05, 4.69) is 10.3 Å². The second-order valence-electron chi connectivity index (χ2n) is 5.64. The van der Waals surface area contributed by atoms with Crippen LogP contribution in [0.1, 0.15) is 28.4 Å². The molecular formula is C18H13N5O4S. The molecule has 2 aromatic rings. The smallest absolute Gasteiger partial charge is 0.234 e. The van der Waals surface area contributed by atoms with Crippen LogP contribution in [0.4, 0.5) is 11.5 Å². The average molecular weight is 395 g/mol. The number of pyridine rings is 1. The number of amides is 1. The van der Waals surface area contributed by atoms with Crippen LogP contribution in [0.3, 0.4) is 0 Å². The van der Waals surface area contributed by atoms with Crippen LogP contribution in [0.5, 0.6) is 11.5 Å². The number of ketones is 1. The predicted octanol–water partition coefficient (Wildman–Crippen LogP) is 2.07. The van der Waals surface area contributed by atoms with E-state index in [-0.39, 0.29) is 40.3 Å². The summed E-state index contributed by atoms with van der Waals surface area (Å²) in [4.78, 5) is 28.2. The van der Waals surface area contributed by atoms with Crippen LogP contribution in [-0.4, -0.2) is 29.2 Å². The fraction of sp³-hybridized carbons (Fsp3) is 0.167. The number of anilines is 2. The normalized spacial score (nSPS) is 11.4. The van der Waals surface area contributed by atoms with Crippen molar-refractivity contribution in [1.82, 2.24) is 4.98 Å². The van der Waals surface area contributed by atoms with Gasteiger partial charge in [0.25, 0.3) is 0 Å². The van der Waals surface area contributed by atoms with Crippen molar-refractivity contribution in [2.24, 2.45) is 0 Å². The third-order valence-corrected chi connectivity index (χ3v) is 4.76. The molecule has 0 bridgehead atoms. The zero-order valence-electron chi connectivity index (χ0n) is 14.6. The maximum Gasteiger partial charge on any atom is 0.234 e. The van der Waals surface area contributed by atoms with E-state index in [0.29, 0.717) is 22.7 Å². The fourth-order valence-corrected chi connectivity index (χ4v) is 3.21. The largest absolute Gasteiger partial charge is 0.454 e. The second-order valence-corrected chi connectivity index (χ2v) is 6.61. The number of benzene rings is 1. The number of rotatable bonds is 5. The summed E-state index contributed by atoms with van der Waals surface area (Å²) in [5.41, 5.74) is 6.51. The average Bonchev–Trinajstić information content (AvgIpc) is 3.13. The molecule has 1 amide bonds. The van der Waals surface area contributed by atoms with Crippen LogP contribution in [0.15, 0.2) is 23.2 Å². The molecular weight excluding hydrogens is 382 g/mol. The number of thioether (sulfide) groups is 1. The first-order valence-corrected chi connectivity index (χ1v) is 8.89. The Morgan fingerprint density at radius 2 is 1.89 bits per heavy atom. The number of nitriles is 2. The minimum Gasteiger partial charge on any atom is -0.454 e. The SMILES string of the molecule is CC(=O)c1cc2c(cc1NC(=O)CSc1nc(N)c(C#N)cc1C#N)OCO2. The number of nitrogens with one attached hydrogen (secondary N) is 1. The van der Waals surface area contributed by atoms with Gasteiger partial charge >= 0.3 is 0 Å². The predicted molar refractivity (Wildman–Crippen MR) is 100 cm³/mol. The lowest BCUT2D eigenvalue weighted by molar-refractivity contribution is -0.113. The number of Topliss-reactive ketones (excluding diaryl/α,β-unsaturated/α-hetero) is 1. The number of carbonyl (C=O) groups excluding carboxylic acids is 2.